The fourth-order valence-corrected chi connectivity index (χ4v) is 0.729. The molecule has 0 aliphatic carbocycles. The van der Waals surface area contributed by atoms with Crippen molar-refractivity contribution in [1.29, 1.82) is 0 Å². The van der Waals surface area contributed by atoms with Crippen LogP contribution in [-0.2, 0) is 0 Å². The van der Waals surface area contributed by atoms with Crippen molar-refractivity contribution >= 4 is 0 Å². The first-order valence-corrected chi connectivity index (χ1v) is 3.56. The molecule has 0 nitrogen and oxygen atoms in total. The Bertz CT molecular complexity index is 41.8. The monoisotopic (exact) mass is 152 g/mol. The Morgan fingerprint density at radius 2 is 1.67 bits per heavy atom. The second-order valence-electron chi connectivity index (χ2n) is 2.66. The maximum atomic E-state index is 2.24. The van der Waals surface area contributed by atoms with Crippen LogP contribution in [0.25, 0.3) is 0 Å². The van der Waals surface area contributed by atoms with Crippen LogP contribution in [0.5, 0.6) is 0 Å². The van der Waals surface area contributed by atoms with E-state index in [4.69, 9.17) is 0 Å². The van der Waals surface area contributed by atoms with Crippen molar-refractivity contribution < 1.29 is 51.4 Å². The summed E-state index contributed by atoms with van der Waals surface area (Å²) in [5.74, 6) is 1.57. The van der Waals surface area contributed by atoms with E-state index in [9.17, 15) is 0 Å². The van der Waals surface area contributed by atoms with Gasteiger partial charge in [0, 0.05) is 0 Å². The summed E-state index contributed by atoms with van der Waals surface area (Å²) < 4.78 is 0. The Morgan fingerprint density at radius 3 is 2.00 bits per heavy atom. The molecule has 0 saturated carbocycles. The molecule has 0 heterocycles. The molecule has 0 atom stereocenters. The zero-order chi connectivity index (χ0) is 6.41. The van der Waals surface area contributed by atoms with Crippen molar-refractivity contribution in [2.45, 2.75) is 46.5 Å². The maximum Gasteiger partial charge on any atom is 1.00 e. The summed E-state index contributed by atoms with van der Waals surface area (Å²) >= 11 is 0. The maximum absolute atomic E-state index is 2.24. The molecule has 50 valence electrons. The van der Waals surface area contributed by atoms with Crippen molar-refractivity contribution in [2.75, 3.05) is 0 Å². The van der Waals surface area contributed by atoms with E-state index in [1.165, 1.54) is 25.7 Å². The van der Waals surface area contributed by atoms with Crippen LogP contribution < -0.4 is 51.4 Å². The summed E-state index contributed by atoms with van der Waals surface area (Å²) in [6.45, 7) is 6.65. The van der Waals surface area contributed by atoms with Crippen LogP contribution in [0.2, 0.25) is 0 Å². The van der Waals surface area contributed by atoms with E-state index in [0.29, 0.717) is 0 Å². The third kappa shape index (κ3) is 12.8. The molecule has 0 fully saturated rings. The van der Waals surface area contributed by atoms with Crippen LogP contribution >= 0.6 is 0 Å². The summed E-state index contributed by atoms with van der Waals surface area (Å²) in [7, 11) is 0. The zero-order valence-corrected chi connectivity index (χ0v) is 10.5. The Balaban J connectivity index is 0. The van der Waals surface area contributed by atoms with Gasteiger partial charge in [-0.1, -0.05) is 26.2 Å². The van der Waals surface area contributed by atoms with Gasteiger partial charge in [0.25, 0.3) is 0 Å². The van der Waals surface area contributed by atoms with E-state index in [1.807, 2.05) is 0 Å². The SMILES string of the molecule is CCCCC[C-](C)C.[K+]. The molecular formula is C8H17K. The first-order chi connectivity index (χ1) is 3.77. The van der Waals surface area contributed by atoms with Gasteiger partial charge < -0.3 is 5.92 Å². The smallest absolute Gasteiger partial charge is 0.320 e. The molecule has 0 unspecified atom stereocenters. The fraction of sp³-hybridized carbons (Fsp3) is 0.875. The van der Waals surface area contributed by atoms with Crippen LogP contribution in [0.15, 0.2) is 0 Å². The number of hydrogen-bond donors (Lipinski definition) is 0. The van der Waals surface area contributed by atoms with Crippen LogP contribution in [0.4, 0.5) is 0 Å². The van der Waals surface area contributed by atoms with Gasteiger partial charge in [0.15, 0.2) is 0 Å². The van der Waals surface area contributed by atoms with Crippen molar-refractivity contribution in [1.82, 2.24) is 0 Å². The summed E-state index contributed by atoms with van der Waals surface area (Å²) in [5, 5.41) is 0. The molecule has 0 N–H and O–H groups in total. The summed E-state index contributed by atoms with van der Waals surface area (Å²) in [5.41, 5.74) is 0. The van der Waals surface area contributed by atoms with Gasteiger partial charge in [-0.3, -0.25) is 0 Å². The fourth-order valence-electron chi connectivity index (χ4n) is 0.729. The largest absolute Gasteiger partial charge is 1.00 e. The minimum atomic E-state index is 0. The molecule has 0 aromatic rings. The van der Waals surface area contributed by atoms with E-state index in [1.54, 1.807) is 5.92 Å². The summed E-state index contributed by atoms with van der Waals surface area (Å²) in [6.07, 6.45) is 5.45. The standard InChI is InChI=1S/C8H17.K/c1-4-5-6-7-8(2)3;/h4-7H2,1-3H3;/q-1;+1. The van der Waals surface area contributed by atoms with Gasteiger partial charge in [0.05, 0.1) is 0 Å². The molecule has 0 bridgehead atoms. The quantitative estimate of drug-likeness (QED) is 0.306. The van der Waals surface area contributed by atoms with Gasteiger partial charge in [-0.05, 0) is 0 Å². The predicted octanol–water partition coefficient (Wildman–Crippen LogP) is 0.185. The molecule has 0 amide bonds. The van der Waals surface area contributed by atoms with Gasteiger partial charge in [-0.15, -0.1) is 0 Å². The Labute approximate surface area is 102 Å². The van der Waals surface area contributed by atoms with Crippen LogP contribution in [-0.4, -0.2) is 0 Å². The molecule has 9 heavy (non-hydrogen) atoms. The Kier molecular flexibility index (Phi) is 14.2. The van der Waals surface area contributed by atoms with Gasteiger partial charge >= 0.3 is 51.4 Å². The second kappa shape index (κ2) is 9.64. The van der Waals surface area contributed by atoms with E-state index in [-0.39, 0.29) is 51.4 Å². The van der Waals surface area contributed by atoms with Crippen LogP contribution in [0, 0.1) is 5.92 Å². The third-order valence-electron chi connectivity index (χ3n) is 1.28. The molecule has 0 rings (SSSR count). The molecule has 0 aliphatic heterocycles. The average Bonchev–Trinajstić information content (AvgIpc) is 1.66. The van der Waals surface area contributed by atoms with E-state index in [0.717, 1.165) is 0 Å². The molecule has 0 aliphatic rings. The molecular weight excluding hydrogens is 135 g/mol. The molecule has 0 aromatic heterocycles. The van der Waals surface area contributed by atoms with Crippen LogP contribution in [0.1, 0.15) is 46.5 Å². The van der Waals surface area contributed by atoms with E-state index >= 15 is 0 Å². The second-order valence-corrected chi connectivity index (χ2v) is 2.66. The van der Waals surface area contributed by atoms with E-state index in [2.05, 4.69) is 20.8 Å². The van der Waals surface area contributed by atoms with Crippen molar-refractivity contribution in [3.05, 3.63) is 5.92 Å². The van der Waals surface area contributed by atoms with Crippen molar-refractivity contribution in [2.24, 2.45) is 0 Å². The minimum absolute atomic E-state index is 0. The van der Waals surface area contributed by atoms with Gasteiger partial charge in [-0.25, -0.2) is 0 Å². The Hall–Kier alpha value is 1.64. The van der Waals surface area contributed by atoms with Gasteiger partial charge in [-0.2, -0.15) is 20.3 Å². The van der Waals surface area contributed by atoms with E-state index < -0.39 is 0 Å². The predicted molar refractivity (Wildman–Crippen MR) is 38.7 cm³/mol. The first-order valence-electron chi connectivity index (χ1n) is 3.56. The molecule has 1 heteroatoms. The van der Waals surface area contributed by atoms with Crippen molar-refractivity contribution in [3.8, 4) is 0 Å². The average molecular weight is 152 g/mol. The molecule has 0 spiro atoms. The van der Waals surface area contributed by atoms with Crippen molar-refractivity contribution in [3.63, 3.8) is 0 Å². The molecule has 0 radical (unpaired) electrons. The topological polar surface area (TPSA) is 0 Å². The summed E-state index contributed by atoms with van der Waals surface area (Å²) in [6, 6.07) is 0. The third-order valence-corrected chi connectivity index (χ3v) is 1.28. The van der Waals surface area contributed by atoms with Gasteiger partial charge in [0.1, 0.15) is 0 Å². The number of hydrogen-bond acceptors (Lipinski definition) is 0. The minimum Gasteiger partial charge on any atom is -0.320 e. The molecule has 0 saturated heterocycles. The number of rotatable bonds is 4. The Morgan fingerprint density at radius 1 is 1.11 bits per heavy atom. The first kappa shape index (κ1) is 13.2. The number of unbranched alkanes of at least 4 members (excludes halogenated alkanes) is 2. The van der Waals surface area contributed by atoms with Gasteiger partial charge in [0.2, 0.25) is 0 Å². The summed E-state index contributed by atoms with van der Waals surface area (Å²) in [4.78, 5) is 0. The normalized spacial score (nSPS) is 9.33. The van der Waals surface area contributed by atoms with Crippen LogP contribution in [0.3, 0.4) is 0 Å². The zero-order valence-electron chi connectivity index (χ0n) is 7.33. The molecule has 0 aromatic carbocycles.